The first-order valence-corrected chi connectivity index (χ1v) is 8.91. The van der Waals surface area contributed by atoms with Gasteiger partial charge in [-0.1, -0.05) is 6.07 Å². The van der Waals surface area contributed by atoms with Crippen LogP contribution in [-0.4, -0.2) is 57.4 Å². The molecule has 2 fully saturated rings. The average Bonchev–Trinajstić information content (AvgIpc) is 3.11. The first kappa shape index (κ1) is 17.1. The number of hydrogen-bond acceptors (Lipinski definition) is 5. The highest BCUT2D eigenvalue weighted by molar-refractivity contribution is 5.86. The van der Waals surface area contributed by atoms with Crippen LogP contribution in [0.4, 0.5) is 4.39 Å². The number of halogens is 1. The molecule has 1 N–H and O–H groups in total. The van der Waals surface area contributed by atoms with Crippen LogP contribution in [0.15, 0.2) is 30.7 Å². The molecule has 1 unspecified atom stereocenters. The van der Waals surface area contributed by atoms with Crippen molar-refractivity contribution in [3.05, 3.63) is 42.1 Å². The molecule has 0 radical (unpaired) electrons. The molecule has 0 saturated carbocycles. The third-order valence-electron chi connectivity index (χ3n) is 5.28. The number of carbonyl (C=O) groups excluding carboxylic acids is 1. The average molecular weight is 359 g/mol. The van der Waals surface area contributed by atoms with Gasteiger partial charge in [-0.15, -0.1) is 0 Å². The van der Waals surface area contributed by atoms with Crippen LogP contribution in [0.5, 0.6) is 0 Å². The minimum Gasteiger partial charge on any atom is -0.363 e. The smallest absolute Gasteiger partial charge is 0.255 e. The van der Waals surface area contributed by atoms with E-state index in [1.807, 2.05) is 17.9 Å². The summed E-state index contributed by atoms with van der Waals surface area (Å²) in [5, 5.41) is 7.19. The Balaban J connectivity index is 1.53. The quantitative estimate of drug-likeness (QED) is 0.898. The van der Waals surface area contributed by atoms with Gasteiger partial charge in [0.25, 0.3) is 5.91 Å². The molecular formula is C18H22FN5O2. The van der Waals surface area contributed by atoms with E-state index in [4.69, 9.17) is 4.74 Å². The maximum atomic E-state index is 13.1. The number of nitrogens with one attached hydrogen (secondary N) is 1. The van der Waals surface area contributed by atoms with Crippen LogP contribution >= 0.6 is 0 Å². The van der Waals surface area contributed by atoms with Gasteiger partial charge in [-0.2, -0.15) is 5.10 Å². The van der Waals surface area contributed by atoms with Gasteiger partial charge in [0.2, 0.25) is 0 Å². The minimum absolute atomic E-state index is 0.0657. The zero-order chi connectivity index (χ0) is 18.1. The van der Waals surface area contributed by atoms with E-state index in [-0.39, 0.29) is 11.9 Å². The Labute approximate surface area is 151 Å². The van der Waals surface area contributed by atoms with E-state index in [1.54, 1.807) is 12.3 Å². The predicted octanol–water partition coefficient (Wildman–Crippen LogP) is 1.45. The second kappa shape index (κ2) is 6.77. The van der Waals surface area contributed by atoms with Crippen LogP contribution in [0, 0.1) is 5.82 Å². The highest BCUT2D eigenvalue weighted by Crippen LogP contribution is 2.33. The molecule has 2 aromatic rings. The number of hydrogen-bond donors (Lipinski definition) is 1. The molecule has 26 heavy (non-hydrogen) atoms. The summed E-state index contributed by atoms with van der Waals surface area (Å²) in [6.45, 7) is 4.72. The third kappa shape index (κ3) is 2.99. The number of carbonyl (C=O) groups is 1. The Morgan fingerprint density at radius 2 is 2.12 bits per heavy atom. The van der Waals surface area contributed by atoms with Gasteiger partial charge in [-0.3, -0.25) is 4.79 Å². The lowest BCUT2D eigenvalue weighted by molar-refractivity contribution is -0.179. The molecule has 2 aliphatic rings. The van der Waals surface area contributed by atoms with Gasteiger partial charge in [-0.05, 0) is 44.5 Å². The molecule has 2 saturated heterocycles. The van der Waals surface area contributed by atoms with Crippen molar-refractivity contribution >= 4 is 5.91 Å². The zero-order valence-corrected chi connectivity index (χ0v) is 14.7. The summed E-state index contributed by atoms with van der Waals surface area (Å²) in [7, 11) is 0. The van der Waals surface area contributed by atoms with Crippen molar-refractivity contribution in [2.75, 3.05) is 26.2 Å². The Morgan fingerprint density at radius 3 is 2.77 bits per heavy atom. The van der Waals surface area contributed by atoms with Gasteiger partial charge < -0.3 is 15.0 Å². The Kier molecular flexibility index (Phi) is 4.46. The Bertz CT molecular complexity index is 780. The van der Waals surface area contributed by atoms with Crippen LogP contribution < -0.4 is 5.32 Å². The van der Waals surface area contributed by atoms with Crippen molar-refractivity contribution in [3.63, 3.8) is 0 Å². The van der Waals surface area contributed by atoms with E-state index >= 15 is 0 Å². The molecule has 0 aliphatic carbocycles. The van der Waals surface area contributed by atoms with Crippen molar-refractivity contribution in [2.45, 2.75) is 31.4 Å². The molecule has 138 valence electrons. The lowest BCUT2D eigenvalue weighted by Gasteiger charge is -2.45. The molecule has 7 nitrogen and oxygen atoms in total. The molecule has 0 bridgehead atoms. The van der Waals surface area contributed by atoms with Crippen LogP contribution in [0.25, 0.3) is 5.82 Å². The molecular weight excluding hydrogens is 337 g/mol. The maximum absolute atomic E-state index is 13.1. The fraction of sp³-hybridized carbons (Fsp3) is 0.500. The minimum atomic E-state index is -0.683. The molecule has 1 amide bonds. The van der Waals surface area contributed by atoms with Crippen molar-refractivity contribution < 1.29 is 13.9 Å². The summed E-state index contributed by atoms with van der Waals surface area (Å²) in [5.41, 5.74) is 0.248. The molecule has 2 aliphatic heterocycles. The predicted molar refractivity (Wildman–Crippen MR) is 92.2 cm³/mol. The lowest BCUT2D eigenvalue weighted by atomic mass is 9.88. The van der Waals surface area contributed by atoms with E-state index in [0.717, 1.165) is 24.8 Å². The Morgan fingerprint density at radius 1 is 1.31 bits per heavy atom. The lowest BCUT2D eigenvalue weighted by Crippen LogP contribution is -2.60. The van der Waals surface area contributed by atoms with E-state index in [2.05, 4.69) is 15.4 Å². The van der Waals surface area contributed by atoms with Crippen LogP contribution in [0.3, 0.4) is 0 Å². The highest BCUT2D eigenvalue weighted by atomic mass is 19.1. The summed E-state index contributed by atoms with van der Waals surface area (Å²) in [6, 6.07) is 3.59. The molecule has 1 spiro atoms. The van der Waals surface area contributed by atoms with Crippen molar-refractivity contribution in [3.8, 4) is 5.82 Å². The molecule has 1 atom stereocenters. The summed E-state index contributed by atoms with van der Waals surface area (Å²) >= 11 is 0. The number of aromatic nitrogens is 3. The maximum Gasteiger partial charge on any atom is 0.255 e. The van der Waals surface area contributed by atoms with Gasteiger partial charge in [0, 0.05) is 12.7 Å². The van der Waals surface area contributed by atoms with Crippen molar-refractivity contribution in [1.82, 2.24) is 25.0 Å². The van der Waals surface area contributed by atoms with Crippen molar-refractivity contribution in [1.29, 1.82) is 0 Å². The van der Waals surface area contributed by atoms with Gasteiger partial charge in [0.05, 0.1) is 25.0 Å². The van der Waals surface area contributed by atoms with Crippen LogP contribution in [0.2, 0.25) is 0 Å². The number of amides is 1. The number of ether oxygens (including phenoxy) is 1. The van der Waals surface area contributed by atoms with Crippen LogP contribution in [0.1, 0.15) is 31.4 Å². The zero-order valence-electron chi connectivity index (χ0n) is 14.7. The first-order chi connectivity index (χ1) is 12.6. The number of pyridine rings is 1. The van der Waals surface area contributed by atoms with E-state index in [0.29, 0.717) is 31.8 Å². The Hall–Kier alpha value is -2.32. The fourth-order valence-electron chi connectivity index (χ4n) is 3.71. The topological polar surface area (TPSA) is 72.3 Å². The largest absolute Gasteiger partial charge is 0.363 e. The standard InChI is InChI=1S/C18H22FN5O2/c1-13(14-2-3-16(21-10-14)24-12-15(19)11-22-24)23-8-9-26-18(17(23)25)4-6-20-7-5-18/h2-3,10-13,20H,4-9H2,1H3. The van der Waals surface area contributed by atoms with Gasteiger partial charge in [0.15, 0.2) is 11.6 Å². The summed E-state index contributed by atoms with van der Waals surface area (Å²) in [6.07, 6.45) is 5.55. The third-order valence-corrected chi connectivity index (χ3v) is 5.28. The summed E-state index contributed by atoms with van der Waals surface area (Å²) in [4.78, 5) is 19.4. The number of rotatable bonds is 3. The molecule has 4 rings (SSSR count). The van der Waals surface area contributed by atoms with Gasteiger partial charge in [-0.25, -0.2) is 14.1 Å². The summed E-state index contributed by atoms with van der Waals surface area (Å²) in [5.74, 6) is 0.194. The first-order valence-electron chi connectivity index (χ1n) is 8.91. The van der Waals surface area contributed by atoms with Crippen LogP contribution in [-0.2, 0) is 9.53 Å². The normalized spacial score (nSPS) is 21.2. The SMILES string of the molecule is CC(c1ccc(-n2cc(F)cn2)nc1)N1CCOC2(CCNCC2)C1=O. The summed E-state index contributed by atoms with van der Waals surface area (Å²) < 4.78 is 20.4. The number of morpholine rings is 1. The van der Waals surface area contributed by atoms with E-state index in [9.17, 15) is 9.18 Å². The van der Waals surface area contributed by atoms with E-state index < -0.39 is 11.4 Å². The fourth-order valence-corrected chi connectivity index (χ4v) is 3.71. The number of piperidine rings is 1. The molecule has 8 heteroatoms. The van der Waals surface area contributed by atoms with Crippen molar-refractivity contribution in [2.24, 2.45) is 0 Å². The molecule has 4 heterocycles. The second-order valence-corrected chi connectivity index (χ2v) is 6.82. The molecule has 0 aromatic carbocycles. The molecule has 2 aromatic heterocycles. The van der Waals surface area contributed by atoms with Gasteiger partial charge in [0.1, 0.15) is 5.60 Å². The second-order valence-electron chi connectivity index (χ2n) is 6.82. The monoisotopic (exact) mass is 359 g/mol. The van der Waals surface area contributed by atoms with Gasteiger partial charge >= 0.3 is 0 Å². The van der Waals surface area contributed by atoms with E-state index in [1.165, 1.54) is 10.9 Å². The highest BCUT2D eigenvalue weighted by Gasteiger charge is 2.47. The number of nitrogens with zero attached hydrogens (tertiary/aromatic N) is 4.